The van der Waals surface area contributed by atoms with E-state index in [1.165, 1.54) is 0 Å². The number of ether oxygens (including phenoxy) is 2. The van der Waals surface area contributed by atoms with Gasteiger partial charge < -0.3 is 13.9 Å². The first kappa shape index (κ1) is 22.5. The smallest absolute Gasteiger partial charge is 0.400 e. The van der Waals surface area contributed by atoms with Crippen LogP contribution in [-0.4, -0.2) is 17.4 Å². The van der Waals surface area contributed by atoms with Crippen LogP contribution in [0.15, 0.2) is 77.2 Å². The van der Waals surface area contributed by atoms with Crippen molar-refractivity contribution in [1.29, 1.82) is 5.26 Å². The standard InChI is InChI=1S/C28H19ClN2O4/c1-17-12-20(29)13-26-27(17)31-28(35-26)34-23-10-8-22(9-11-23)33-16-21(32)14-25-19(15-30)7-6-18-4-2-3-5-24(18)25/h2-13H,14,16H2,1H3. The predicted molar refractivity (Wildman–Crippen MR) is 133 cm³/mol. The average molecular weight is 483 g/mol. The number of hydrogen-bond donors (Lipinski definition) is 0. The molecule has 0 saturated heterocycles. The van der Waals surface area contributed by atoms with E-state index in [1.54, 1.807) is 36.4 Å². The summed E-state index contributed by atoms with van der Waals surface area (Å²) in [5.41, 5.74) is 3.35. The fourth-order valence-corrected chi connectivity index (χ4v) is 4.19. The topological polar surface area (TPSA) is 85.4 Å². The van der Waals surface area contributed by atoms with Gasteiger partial charge in [0.25, 0.3) is 0 Å². The minimum Gasteiger partial charge on any atom is -0.486 e. The number of aryl methyl sites for hydroxylation is 1. The monoisotopic (exact) mass is 482 g/mol. The van der Waals surface area contributed by atoms with Crippen molar-refractivity contribution in [2.75, 3.05) is 6.61 Å². The Morgan fingerprint density at radius 2 is 1.83 bits per heavy atom. The van der Waals surface area contributed by atoms with Gasteiger partial charge in [-0.1, -0.05) is 41.9 Å². The van der Waals surface area contributed by atoms with Gasteiger partial charge in [-0.25, -0.2) is 0 Å². The first-order valence-corrected chi connectivity index (χ1v) is 11.3. The third-order valence-corrected chi connectivity index (χ3v) is 5.81. The van der Waals surface area contributed by atoms with Crippen LogP contribution >= 0.6 is 11.6 Å². The quantitative estimate of drug-likeness (QED) is 0.253. The maximum absolute atomic E-state index is 12.7. The molecule has 0 aliphatic heterocycles. The molecule has 7 heteroatoms. The zero-order valence-electron chi connectivity index (χ0n) is 18.7. The molecule has 1 aromatic heterocycles. The molecule has 1 heterocycles. The van der Waals surface area contributed by atoms with Crippen molar-refractivity contribution in [3.8, 4) is 23.6 Å². The van der Waals surface area contributed by atoms with E-state index in [4.69, 9.17) is 25.5 Å². The van der Waals surface area contributed by atoms with Crippen LogP contribution in [0.4, 0.5) is 0 Å². The first-order chi connectivity index (χ1) is 17.0. The van der Waals surface area contributed by atoms with Gasteiger partial charge in [0.05, 0.1) is 11.6 Å². The number of halogens is 1. The lowest BCUT2D eigenvalue weighted by molar-refractivity contribution is -0.120. The van der Waals surface area contributed by atoms with Crippen LogP contribution in [0.2, 0.25) is 5.02 Å². The summed E-state index contributed by atoms with van der Waals surface area (Å²) in [4.78, 5) is 17.0. The molecule has 0 aliphatic rings. The molecule has 0 spiro atoms. The van der Waals surface area contributed by atoms with E-state index < -0.39 is 0 Å². The summed E-state index contributed by atoms with van der Waals surface area (Å²) < 4.78 is 17.0. The van der Waals surface area contributed by atoms with E-state index in [0.29, 0.717) is 33.2 Å². The van der Waals surface area contributed by atoms with Gasteiger partial charge >= 0.3 is 6.08 Å². The average Bonchev–Trinajstić information content (AvgIpc) is 3.26. The highest BCUT2D eigenvalue weighted by molar-refractivity contribution is 6.31. The predicted octanol–water partition coefficient (Wildman–Crippen LogP) is 6.80. The number of ketones is 1. The maximum atomic E-state index is 12.7. The summed E-state index contributed by atoms with van der Waals surface area (Å²) in [6, 6.07) is 23.8. The van der Waals surface area contributed by atoms with Crippen LogP contribution in [0.25, 0.3) is 21.9 Å². The summed E-state index contributed by atoms with van der Waals surface area (Å²) >= 11 is 6.07. The van der Waals surface area contributed by atoms with Gasteiger partial charge in [0.15, 0.2) is 11.4 Å². The molecule has 0 atom stereocenters. The lowest BCUT2D eigenvalue weighted by atomic mass is 9.96. The van der Waals surface area contributed by atoms with E-state index >= 15 is 0 Å². The molecule has 0 amide bonds. The molecule has 0 aliphatic carbocycles. The summed E-state index contributed by atoms with van der Waals surface area (Å²) in [5, 5.41) is 11.9. The number of carbonyl (C=O) groups is 1. The van der Waals surface area contributed by atoms with Gasteiger partial charge in [-0.15, -0.1) is 0 Å². The van der Waals surface area contributed by atoms with Crippen molar-refractivity contribution in [3.63, 3.8) is 0 Å². The second kappa shape index (κ2) is 9.49. The largest absolute Gasteiger partial charge is 0.486 e. The second-order valence-electron chi connectivity index (χ2n) is 8.05. The van der Waals surface area contributed by atoms with Crippen LogP contribution < -0.4 is 9.47 Å². The number of aromatic nitrogens is 1. The van der Waals surface area contributed by atoms with Gasteiger partial charge in [-0.05, 0) is 65.2 Å². The molecular formula is C28H19ClN2O4. The minimum absolute atomic E-state index is 0.109. The molecule has 172 valence electrons. The van der Waals surface area contributed by atoms with Crippen LogP contribution in [0.3, 0.4) is 0 Å². The molecule has 0 bridgehead atoms. The SMILES string of the molecule is Cc1cc(Cl)cc2oc(Oc3ccc(OCC(=O)Cc4c(C#N)ccc5ccccc45)cc3)nc12. The van der Waals surface area contributed by atoms with Gasteiger partial charge in [-0.2, -0.15) is 10.2 Å². The third kappa shape index (κ3) is 4.81. The number of hydrogen-bond acceptors (Lipinski definition) is 6. The Hall–Kier alpha value is -4.34. The number of Topliss-reactive ketones (excluding diaryl/α,β-unsaturated/α-hetero) is 1. The Kier molecular flexibility index (Phi) is 6.09. The molecule has 0 saturated carbocycles. The summed E-state index contributed by atoms with van der Waals surface area (Å²) in [7, 11) is 0. The van der Waals surface area contributed by atoms with Gasteiger partial charge in [-0.3, -0.25) is 4.79 Å². The highest BCUT2D eigenvalue weighted by atomic mass is 35.5. The van der Waals surface area contributed by atoms with Gasteiger partial charge in [0.2, 0.25) is 0 Å². The second-order valence-corrected chi connectivity index (χ2v) is 8.49. The molecular weight excluding hydrogens is 464 g/mol. The molecule has 4 aromatic carbocycles. The van der Waals surface area contributed by atoms with E-state index in [0.717, 1.165) is 21.9 Å². The fourth-order valence-electron chi connectivity index (χ4n) is 3.93. The van der Waals surface area contributed by atoms with Crippen molar-refractivity contribution in [3.05, 3.63) is 94.5 Å². The van der Waals surface area contributed by atoms with Crippen LogP contribution in [0.1, 0.15) is 16.7 Å². The molecule has 0 fully saturated rings. The molecule has 35 heavy (non-hydrogen) atoms. The number of fused-ring (bicyclic) bond motifs is 2. The van der Waals surface area contributed by atoms with Crippen molar-refractivity contribution in [2.24, 2.45) is 0 Å². The first-order valence-electron chi connectivity index (χ1n) is 10.9. The molecule has 0 unspecified atom stereocenters. The number of oxazole rings is 1. The van der Waals surface area contributed by atoms with Crippen LogP contribution in [-0.2, 0) is 11.2 Å². The lowest BCUT2D eigenvalue weighted by Gasteiger charge is -2.10. The number of nitrogens with zero attached hydrogens (tertiary/aromatic N) is 2. The molecule has 6 nitrogen and oxygen atoms in total. The normalized spacial score (nSPS) is 10.9. The Labute approximate surface area is 206 Å². The molecule has 5 aromatic rings. The van der Waals surface area contributed by atoms with E-state index in [1.807, 2.05) is 43.3 Å². The van der Waals surface area contributed by atoms with E-state index in [-0.39, 0.29) is 24.9 Å². The van der Waals surface area contributed by atoms with Gasteiger partial charge in [0.1, 0.15) is 23.6 Å². The Morgan fingerprint density at radius 3 is 2.63 bits per heavy atom. The highest BCUT2D eigenvalue weighted by Gasteiger charge is 2.14. The van der Waals surface area contributed by atoms with Crippen molar-refractivity contribution in [1.82, 2.24) is 4.98 Å². The summed E-state index contributed by atoms with van der Waals surface area (Å²) in [5.74, 6) is 0.899. The number of nitriles is 1. The zero-order valence-corrected chi connectivity index (χ0v) is 19.5. The number of rotatable bonds is 7. The molecule has 0 radical (unpaired) electrons. The minimum atomic E-state index is -0.126. The third-order valence-electron chi connectivity index (χ3n) is 5.59. The summed E-state index contributed by atoms with van der Waals surface area (Å²) in [6.45, 7) is 1.79. The van der Waals surface area contributed by atoms with Crippen molar-refractivity contribution >= 4 is 39.3 Å². The van der Waals surface area contributed by atoms with E-state index in [2.05, 4.69) is 11.1 Å². The zero-order chi connectivity index (χ0) is 24.4. The maximum Gasteiger partial charge on any atom is 0.400 e. The molecule has 0 N–H and O–H groups in total. The van der Waals surface area contributed by atoms with Crippen molar-refractivity contribution < 1.29 is 18.7 Å². The lowest BCUT2D eigenvalue weighted by Crippen LogP contribution is -2.14. The van der Waals surface area contributed by atoms with Gasteiger partial charge in [0, 0.05) is 17.5 Å². The fraction of sp³-hybridized carbons (Fsp3) is 0.107. The van der Waals surface area contributed by atoms with Crippen LogP contribution in [0, 0.1) is 18.3 Å². The Bertz CT molecular complexity index is 1600. The molecule has 5 rings (SSSR count). The highest BCUT2D eigenvalue weighted by Crippen LogP contribution is 2.30. The Balaban J connectivity index is 1.23. The van der Waals surface area contributed by atoms with E-state index in [9.17, 15) is 10.1 Å². The Morgan fingerprint density at radius 1 is 1.06 bits per heavy atom. The number of carbonyl (C=O) groups excluding carboxylic acids is 1. The van der Waals surface area contributed by atoms with Crippen molar-refractivity contribution in [2.45, 2.75) is 13.3 Å². The van der Waals surface area contributed by atoms with Crippen LogP contribution in [0.5, 0.6) is 17.6 Å². The number of benzene rings is 4. The summed E-state index contributed by atoms with van der Waals surface area (Å²) in [6.07, 6.45) is 0.227.